The van der Waals surface area contributed by atoms with Gasteiger partial charge < -0.3 is 14.8 Å². The van der Waals surface area contributed by atoms with Crippen LogP contribution >= 0.6 is 0 Å². The van der Waals surface area contributed by atoms with Crippen LogP contribution in [0.3, 0.4) is 0 Å². The number of alkyl halides is 3. The van der Waals surface area contributed by atoms with Crippen molar-refractivity contribution < 1.29 is 45.5 Å². The van der Waals surface area contributed by atoms with Crippen LogP contribution in [0, 0.1) is 5.82 Å². The lowest BCUT2D eigenvalue weighted by atomic mass is 9.96. The van der Waals surface area contributed by atoms with E-state index < -0.39 is 33.6 Å². The summed E-state index contributed by atoms with van der Waals surface area (Å²) in [4.78, 5) is 32.8. The molecule has 0 aliphatic carbocycles. The highest BCUT2D eigenvalue weighted by molar-refractivity contribution is 7.89. The Morgan fingerprint density at radius 3 is 2.51 bits per heavy atom. The summed E-state index contributed by atoms with van der Waals surface area (Å²) in [7, 11) is -2.21. The molecule has 1 spiro atoms. The Hall–Kier alpha value is -3.59. The van der Waals surface area contributed by atoms with Crippen molar-refractivity contribution in [2.24, 2.45) is 5.16 Å². The molecule has 1 fully saturated rings. The maximum absolute atomic E-state index is 13.5. The molecule has 1 amide bonds. The highest BCUT2D eigenvalue weighted by Gasteiger charge is 2.50. The van der Waals surface area contributed by atoms with E-state index in [4.69, 9.17) is 14.7 Å². The van der Waals surface area contributed by atoms with Gasteiger partial charge in [-0.25, -0.2) is 17.6 Å². The number of halogens is 4. The van der Waals surface area contributed by atoms with E-state index >= 15 is 0 Å². The number of benzene rings is 1. The van der Waals surface area contributed by atoms with Crippen LogP contribution in [-0.4, -0.2) is 77.2 Å². The van der Waals surface area contributed by atoms with Crippen molar-refractivity contribution in [3.63, 3.8) is 0 Å². The van der Waals surface area contributed by atoms with Gasteiger partial charge in [-0.15, -0.1) is 0 Å². The Kier molecular flexibility index (Phi) is 8.17. The summed E-state index contributed by atoms with van der Waals surface area (Å²) < 4.78 is 72.1. The van der Waals surface area contributed by atoms with Gasteiger partial charge in [0.2, 0.25) is 10.0 Å². The Bertz CT molecular complexity index is 1290. The fourth-order valence-electron chi connectivity index (χ4n) is 3.67. The van der Waals surface area contributed by atoms with Crippen molar-refractivity contribution in [3.05, 3.63) is 60.2 Å². The molecule has 0 bridgehead atoms. The Morgan fingerprint density at radius 2 is 1.92 bits per heavy atom. The first kappa shape index (κ1) is 28.0. The highest BCUT2D eigenvalue weighted by Crippen LogP contribution is 2.36. The zero-order chi connectivity index (χ0) is 27.4. The van der Waals surface area contributed by atoms with Gasteiger partial charge in [-0.05, 0) is 30.3 Å². The van der Waals surface area contributed by atoms with Crippen LogP contribution < -0.4 is 0 Å². The Labute approximate surface area is 209 Å². The fraction of sp³-hybridized carbons (Fsp3) is 0.364. The molecule has 4 rings (SSSR count). The van der Waals surface area contributed by atoms with Gasteiger partial charge in [0.1, 0.15) is 11.5 Å². The SMILES string of the molecule is CN(Cc1ccccn1)C(=O)C1=NOC2(CCN(S(=O)(=O)c3cccc(F)c3)C2)C1.O=C(O)C(F)(F)F. The maximum Gasteiger partial charge on any atom is 0.490 e. The smallest absolute Gasteiger partial charge is 0.475 e. The first-order valence-electron chi connectivity index (χ1n) is 10.7. The van der Waals surface area contributed by atoms with Crippen LogP contribution in [0.4, 0.5) is 17.6 Å². The van der Waals surface area contributed by atoms with Crippen LogP contribution in [0.1, 0.15) is 18.5 Å². The van der Waals surface area contributed by atoms with Crippen LogP contribution in [0.2, 0.25) is 0 Å². The van der Waals surface area contributed by atoms with Crippen LogP contribution in [-0.2, 0) is 31.0 Å². The zero-order valence-electron chi connectivity index (χ0n) is 19.4. The molecule has 1 atom stereocenters. The second-order valence-electron chi connectivity index (χ2n) is 8.32. The number of hydrogen-bond donors (Lipinski definition) is 1. The monoisotopic (exact) mass is 546 g/mol. The van der Waals surface area contributed by atoms with Gasteiger partial charge in [0.15, 0.2) is 5.60 Å². The van der Waals surface area contributed by atoms with Crippen molar-refractivity contribution in [1.29, 1.82) is 0 Å². The molecule has 2 aromatic rings. The fourth-order valence-corrected chi connectivity index (χ4v) is 5.22. The molecular weight excluding hydrogens is 524 g/mol. The first-order chi connectivity index (χ1) is 17.2. The van der Waals surface area contributed by atoms with Crippen LogP contribution in [0.15, 0.2) is 58.7 Å². The third-order valence-electron chi connectivity index (χ3n) is 5.52. The molecule has 1 unspecified atom stereocenters. The standard InChI is InChI=1S/C20H21FN4O4S.C2HF3O2/c1-24(13-16-6-2-3-9-22-16)19(26)18-12-20(29-23-18)8-10-25(14-20)30(27,28)17-7-4-5-15(21)11-17;3-2(4,5)1(6)7/h2-7,9,11H,8,10,12-14H2,1H3;(H,6,7). The summed E-state index contributed by atoms with van der Waals surface area (Å²) in [6.45, 7) is 0.585. The summed E-state index contributed by atoms with van der Waals surface area (Å²) >= 11 is 0. The van der Waals surface area contributed by atoms with E-state index in [9.17, 15) is 30.8 Å². The number of aromatic nitrogens is 1. The molecule has 0 saturated carbocycles. The van der Waals surface area contributed by atoms with Crippen LogP contribution in [0.5, 0.6) is 0 Å². The van der Waals surface area contributed by atoms with Gasteiger partial charge >= 0.3 is 12.1 Å². The quantitative estimate of drug-likeness (QED) is 0.571. The number of carbonyl (C=O) groups excluding carboxylic acids is 1. The highest BCUT2D eigenvalue weighted by atomic mass is 32.2. The zero-order valence-corrected chi connectivity index (χ0v) is 20.2. The van der Waals surface area contributed by atoms with Crippen molar-refractivity contribution in [2.75, 3.05) is 20.1 Å². The average Bonchev–Trinajstić information content (AvgIpc) is 3.46. The number of hydrogen-bond acceptors (Lipinski definition) is 7. The molecule has 2 aliphatic rings. The van der Waals surface area contributed by atoms with E-state index in [0.29, 0.717) is 13.0 Å². The minimum atomic E-state index is -5.08. The third-order valence-corrected chi connectivity index (χ3v) is 7.36. The van der Waals surface area contributed by atoms with E-state index in [1.165, 1.54) is 27.4 Å². The van der Waals surface area contributed by atoms with Gasteiger partial charge in [0, 0.05) is 32.6 Å². The third kappa shape index (κ3) is 6.80. The summed E-state index contributed by atoms with van der Waals surface area (Å²) in [5, 5.41) is 11.1. The van der Waals surface area contributed by atoms with E-state index in [-0.39, 0.29) is 36.0 Å². The van der Waals surface area contributed by atoms with Crippen molar-refractivity contribution in [1.82, 2.24) is 14.2 Å². The number of aliphatic carboxylic acids is 1. The Balaban J connectivity index is 0.000000479. The lowest BCUT2D eigenvalue weighted by Gasteiger charge is -2.22. The topological polar surface area (TPSA) is 129 Å². The van der Waals surface area contributed by atoms with E-state index in [1.54, 1.807) is 19.3 Å². The molecular formula is C22H22F4N4O6S. The molecule has 1 aromatic carbocycles. The maximum atomic E-state index is 13.5. The molecule has 15 heteroatoms. The largest absolute Gasteiger partial charge is 0.490 e. The predicted molar refractivity (Wildman–Crippen MR) is 120 cm³/mol. The van der Waals surface area contributed by atoms with Gasteiger partial charge in [-0.1, -0.05) is 17.3 Å². The van der Waals surface area contributed by atoms with E-state index in [0.717, 1.165) is 11.8 Å². The average molecular weight is 546 g/mol. The number of carbonyl (C=O) groups is 2. The minimum absolute atomic E-state index is 0.0517. The van der Waals surface area contributed by atoms with Crippen molar-refractivity contribution in [3.8, 4) is 0 Å². The number of amides is 1. The summed E-state index contributed by atoms with van der Waals surface area (Å²) in [5.41, 5.74) is 0.117. The first-order valence-corrected chi connectivity index (χ1v) is 12.1. The number of carboxylic acids is 1. The molecule has 0 radical (unpaired) electrons. The number of carboxylic acid groups (broad SMARTS) is 1. The number of sulfonamides is 1. The van der Waals surface area contributed by atoms with Gasteiger partial charge in [0.25, 0.3) is 5.91 Å². The summed E-state index contributed by atoms with van der Waals surface area (Å²) in [6, 6.07) is 10.4. The van der Waals surface area contributed by atoms with E-state index in [2.05, 4.69) is 10.1 Å². The Morgan fingerprint density at radius 1 is 1.22 bits per heavy atom. The minimum Gasteiger partial charge on any atom is -0.475 e. The van der Waals surface area contributed by atoms with Gasteiger partial charge in [-0.2, -0.15) is 17.5 Å². The van der Waals surface area contributed by atoms with Crippen molar-refractivity contribution >= 4 is 27.6 Å². The molecule has 200 valence electrons. The number of pyridine rings is 1. The van der Waals surface area contributed by atoms with Gasteiger partial charge in [0.05, 0.1) is 23.7 Å². The van der Waals surface area contributed by atoms with Crippen LogP contribution in [0.25, 0.3) is 0 Å². The lowest BCUT2D eigenvalue weighted by molar-refractivity contribution is -0.192. The molecule has 3 heterocycles. The summed E-state index contributed by atoms with van der Waals surface area (Å²) in [5.74, 6) is -3.66. The summed E-state index contributed by atoms with van der Waals surface area (Å²) in [6.07, 6.45) is -2.82. The predicted octanol–water partition coefficient (Wildman–Crippen LogP) is 2.42. The van der Waals surface area contributed by atoms with Gasteiger partial charge in [-0.3, -0.25) is 9.78 Å². The van der Waals surface area contributed by atoms with E-state index in [1.807, 2.05) is 12.1 Å². The molecule has 1 saturated heterocycles. The second-order valence-corrected chi connectivity index (χ2v) is 10.3. The van der Waals surface area contributed by atoms with Crippen molar-refractivity contribution in [2.45, 2.75) is 36.1 Å². The molecule has 10 nitrogen and oxygen atoms in total. The normalized spacial score (nSPS) is 19.5. The lowest BCUT2D eigenvalue weighted by Crippen LogP contribution is -2.39. The number of rotatable bonds is 5. The second kappa shape index (κ2) is 10.8. The molecule has 1 aromatic heterocycles. The molecule has 37 heavy (non-hydrogen) atoms. The molecule has 1 N–H and O–H groups in total. The molecule has 2 aliphatic heterocycles. The number of oxime groups is 1. The number of nitrogens with zero attached hydrogens (tertiary/aromatic N) is 4.